The third kappa shape index (κ3) is 4.64. The quantitative estimate of drug-likeness (QED) is 0.789. The van der Waals surface area contributed by atoms with E-state index in [-0.39, 0.29) is 36.6 Å². The van der Waals surface area contributed by atoms with Crippen molar-refractivity contribution < 1.29 is 23.4 Å². The summed E-state index contributed by atoms with van der Waals surface area (Å²) < 4.78 is 23.8. The number of benzene rings is 1. The second-order valence-corrected chi connectivity index (χ2v) is 7.03. The van der Waals surface area contributed by atoms with Gasteiger partial charge in [0.05, 0.1) is 5.60 Å². The Balaban J connectivity index is 1.50. The summed E-state index contributed by atoms with van der Waals surface area (Å²) in [5.41, 5.74) is -0.909. The van der Waals surface area contributed by atoms with Crippen molar-refractivity contribution in [2.45, 2.75) is 44.8 Å². The van der Waals surface area contributed by atoms with E-state index in [9.17, 15) is 14.3 Å². The van der Waals surface area contributed by atoms with Crippen LogP contribution < -0.4 is 10.1 Å². The van der Waals surface area contributed by atoms with Gasteiger partial charge in [0.1, 0.15) is 23.9 Å². The summed E-state index contributed by atoms with van der Waals surface area (Å²) in [6, 6.07) is 8.91. The van der Waals surface area contributed by atoms with Gasteiger partial charge in [-0.1, -0.05) is 12.8 Å². The number of rotatable bonds is 7. The van der Waals surface area contributed by atoms with Crippen LogP contribution in [0.1, 0.15) is 48.9 Å². The zero-order valence-corrected chi connectivity index (χ0v) is 14.8. The Morgan fingerprint density at radius 1 is 1.27 bits per heavy atom. The number of aliphatic hydroxyl groups is 1. The first kappa shape index (κ1) is 18.5. The van der Waals surface area contributed by atoms with Crippen LogP contribution >= 0.6 is 0 Å². The van der Waals surface area contributed by atoms with E-state index in [2.05, 4.69) is 5.32 Å². The van der Waals surface area contributed by atoms with Crippen LogP contribution in [0.3, 0.4) is 0 Å². The van der Waals surface area contributed by atoms with Crippen LogP contribution in [-0.4, -0.2) is 23.2 Å². The number of halogens is 1. The Kier molecular flexibility index (Phi) is 5.61. The van der Waals surface area contributed by atoms with E-state index in [4.69, 9.17) is 9.15 Å². The zero-order chi connectivity index (χ0) is 18.6. The second kappa shape index (κ2) is 7.91. The van der Waals surface area contributed by atoms with Crippen molar-refractivity contribution >= 4 is 5.91 Å². The molecule has 1 saturated carbocycles. The van der Waals surface area contributed by atoms with E-state index in [0.717, 1.165) is 25.7 Å². The van der Waals surface area contributed by atoms with E-state index in [0.29, 0.717) is 11.5 Å². The minimum Gasteiger partial charge on any atom is -0.486 e. The van der Waals surface area contributed by atoms with Gasteiger partial charge < -0.3 is 19.6 Å². The number of amides is 1. The molecule has 0 aliphatic heterocycles. The normalized spacial score (nSPS) is 17.0. The molecular weight excluding hydrogens is 337 g/mol. The van der Waals surface area contributed by atoms with Crippen LogP contribution in [0.5, 0.6) is 5.75 Å². The molecule has 1 unspecified atom stereocenters. The topological polar surface area (TPSA) is 71.7 Å². The number of hydrogen-bond acceptors (Lipinski definition) is 4. The molecule has 1 atom stereocenters. The Morgan fingerprint density at radius 3 is 2.65 bits per heavy atom. The molecule has 3 rings (SSSR count). The standard InChI is InChI=1S/C20H24FNO4/c1-20(24,14-4-2-3-5-14)13-22-19(23)18-11-10-17(26-18)12-25-16-8-6-15(21)7-9-16/h6-11,14,24H,2-5,12-13H2,1H3,(H,22,23). The van der Waals surface area contributed by atoms with Gasteiger partial charge in [-0.2, -0.15) is 0 Å². The first-order valence-corrected chi connectivity index (χ1v) is 8.92. The van der Waals surface area contributed by atoms with Crippen molar-refractivity contribution in [3.05, 3.63) is 53.7 Å². The van der Waals surface area contributed by atoms with Crippen LogP contribution in [0.2, 0.25) is 0 Å². The maximum atomic E-state index is 12.9. The number of nitrogens with one attached hydrogen (secondary N) is 1. The Hall–Kier alpha value is -2.34. The fourth-order valence-electron chi connectivity index (χ4n) is 3.30. The molecule has 140 valence electrons. The lowest BCUT2D eigenvalue weighted by Crippen LogP contribution is -2.45. The highest BCUT2D eigenvalue weighted by Gasteiger charge is 2.34. The minimum absolute atomic E-state index is 0.138. The highest BCUT2D eigenvalue weighted by molar-refractivity contribution is 5.91. The molecule has 1 amide bonds. The van der Waals surface area contributed by atoms with Gasteiger partial charge in [-0.25, -0.2) is 4.39 Å². The van der Waals surface area contributed by atoms with E-state index in [1.54, 1.807) is 19.1 Å². The maximum absolute atomic E-state index is 12.9. The van der Waals surface area contributed by atoms with Crippen LogP contribution in [-0.2, 0) is 6.61 Å². The molecular formula is C20H24FNO4. The fraction of sp³-hybridized carbons (Fsp3) is 0.450. The summed E-state index contributed by atoms with van der Waals surface area (Å²) in [5, 5.41) is 13.3. The lowest BCUT2D eigenvalue weighted by Gasteiger charge is -2.30. The van der Waals surface area contributed by atoms with Crippen molar-refractivity contribution in [2.24, 2.45) is 5.92 Å². The Bertz CT molecular complexity index is 733. The molecule has 2 N–H and O–H groups in total. The molecule has 26 heavy (non-hydrogen) atoms. The van der Waals surface area contributed by atoms with Crippen molar-refractivity contribution in [1.82, 2.24) is 5.32 Å². The smallest absolute Gasteiger partial charge is 0.287 e. The lowest BCUT2D eigenvalue weighted by molar-refractivity contribution is 0.00260. The number of furan rings is 1. The molecule has 1 heterocycles. The van der Waals surface area contributed by atoms with Crippen molar-refractivity contribution in [3.8, 4) is 5.75 Å². The Labute approximate surface area is 152 Å². The molecule has 5 nitrogen and oxygen atoms in total. The average molecular weight is 361 g/mol. The first-order valence-electron chi connectivity index (χ1n) is 8.92. The van der Waals surface area contributed by atoms with Crippen LogP contribution in [0.25, 0.3) is 0 Å². The fourth-order valence-corrected chi connectivity index (χ4v) is 3.30. The molecule has 1 aromatic heterocycles. The summed E-state index contributed by atoms with van der Waals surface area (Å²) in [4.78, 5) is 12.2. The van der Waals surface area contributed by atoms with Gasteiger partial charge in [-0.3, -0.25) is 4.79 Å². The van der Waals surface area contributed by atoms with Crippen LogP contribution in [0.4, 0.5) is 4.39 Å². The summed E-state index contributed by atoms with van der Waals surface area (Å²) in [6.07, 6.45) is 4.25. The number of carbonyl (C=O) groups excluding carboxylic acids is 1. The number of hydrogen-bond donors (Lipinski definition) is 2. The number of carbonyl (C=O) groups is 1. The lowest BCUT2D eigenvalue weighted by atomic mass is 9.88. The van der Waals surface area contributed by atoms with Gasteiger partial charge in [0, 0.05) is 6.54 Å². The molecule has 0 saturated heterocycles. The van der Waals surface area contributed by atoms with Crippen LogP contribution in [0, 0.1) is 11.7 Å². The third-order valence-corrected chi connectivity index (χ3v) is 4.92. The third-order valence-electron chi connectivity index (χ3n) is 4.92. The van der Waals surface area contributed by atoms with E-state index >= 15 is 0 Å². The molecule has 1 fully saturated rings. The van der Waals surface area contributed by atoms with Gasteiger partial charge in [0.15, 0.2) is 5.76 Å². The van der Waals surface area contributed by atoms with E-state index in [1.165, 1.54) is 24.3 Å². The molecule has 1 aliphatic rings. The van der Waals surface area contributed by atoms with Gasteiger partial charge >= 0.3 is 0 Å². The summed E-state index contributed by atoms with van der Waals surface area (Å²) in [5.74, 6) is 0.700. The van der Waals surface area contributed by atoms with Crippen LogP contribution in [0.15, 0.2) is 40.8 Å². The molecule has 6 heteroatoms. The number of ether oxygens (including phenoxy) is 1. The van der Waals surface area contributed by atoms with E-state index < -0.39 is 5.60 Å². The highest BCUT2D eigenvalue weighted by atomic mass is 19.1. The molecule has 0 radical (unpaired) electrons. The van der Waals surface area contributed by atoms with Crippen molar-refractivity contribution in [3.63, 3.8) is 0 Å². The van der Waals surface area contributed by atoms with Gasteiger partial charge in [-0.15, -0.1) is 0 Å². The largest absolute Gasteiger partial charge is 0.486 e. The molecule has 0 spiro atoms. The predicted octanol–water partition coefficient (Wildman–Crippen LogP) is 3.67. The monoisotopic (exact) mass is 361 g/mol. The van der Waals surface area contributed by atoms with Gasteiger partial charge in [-0.05, 0) is 62.1 Å². The maximum Gasteiger partial charge on any atom is 0.287 e. The molecule has 0 bridgehead atoms. The average Bonchev–Trinajstić information content (AvgIpc) is 3.31. The summed E-state index contributed by atoms with van der Waals surface area (Å²) in [6.45, 7) is 2.10. The van der Waals surface area contributed by atoms with Crippen molar-refractivity contribution in [2.75, 3.05) is 6.54 Å². The second-order valence-electron chi connectivity index (χ2n) is 7.03. The minimum atomic E-state index is -0.909. The summed E-state index contributed by atoms with van der Waals surface area (Å²) >= 11 is 0. The van der Waals surface area contributed by atoms with Crippen molar-refractivity contribution in [1.29, 1.82) is 0 Å². The zero-order valence-electron chi connectivity index (χ0n) is 14.8. The molecule has 2 aromatic rings. The Morgan fingerprint density at radius 2 is 1.96 bits per heavy atom. The highest BCUT2D eigenvalue weighted by Crippen LogP contribution is 2.33. The first-order chi connectivity index (χ1) is 12.4. The molecule has 1 aliphatic carbocycles. The van der Waals surface area contributed by atoms with Gasteiger partial charge in [0.25, 0.3) is 5.91 Å². The summed E-state index contributed by atoms with van der Waals surface area (Å²) in [7, 11) is 0. The van der Waals surface area contributed by atoms with Gasteiger partial charge in [0.2, 0.25) is 0 Å². The molecule has 1 aromatic carbocycles. The SMILES string of the molecule is CC(O)(CNC(=O)c1ccc(COc2ccc(F)cc2)o1)C1CCCC1. The van der Waals surface area contributed by atoms with E-state index in [1.807, 2.05) is 0 Å². The predicted molar refractivity (Wildman–Crippen MR) is 94.4 cm³/mol.